The van der Waals surface area contributed by atoms with Gasteiger partial charge >= 0.3 is 0 Å². The monoisotopic (exact) mass is 490 g/mol. The summed E-state index contributed by atoms with van der Waals surface area (Å²) in [7, 11) is 1.12. The fourth-order valence-corrected chi connectivity index (χ4v) is 5.13. The maximum absolute atomic E-state index is 12.6. The Labute approximate surface area is 200 Å². The Balaban J connectivity index is 1.49. The molecule has 1 heterocycles. The summed E-state index contributed by atoms with van der Waals surface area (Å²) < 4.78 is 48.2. The minimum Gasteiger partial charge on any atom is -0.493 e. The molecule has 34 heavy (non-hydrogen) atoms. The average molecular weight is 491 g/mol. The Morgan fingerprint density at radius 2 is 1.65 bits per heavy atom. The Hall–Kier alpha value is -3.24. The van der Waals surface area contributed by atoms with Crippen LogP contribution in [-0.2, 0) is 14.8 Å². The first-order chi connectivity index (χ1) is 16.4. The predicted octanol–water partition coefficient (Wildman–Crippen LogP) is 2.71. The van der Waals surface area contributed by atoms with Gasteiger partial charge in [-0.25, -0.2) is 8.42 Å². The van der Waals surface area contributed by atoms with E-state index < -0.39 is 10.0 Å². The van der Waals surface area contributed by atoms with E-state index in [4.69, 9.17) is 18.9 Å². The third kappa shape index (κ3) is 6.00. The zero-order valence-corrected chi connectivity index (χ0v) is 20.4. The van der Waals surface area contributed by atoms with Crippen molar-refractivity contribution in [1.29, 1.82) is 0 Å². The maximum Gasteiger partial charge on any atom is 0.244 e. The first-order valence-electron chi connectivity index (χ1n) is 10.9. The minimum absolute atomic E-state index is 0.234. The van der Waals surface area contributed by atoms with Gasteiger partial charge in [0.15, 0.2) is 11.5 Å². The number of carbonyl (C=O) groups excluding carboxylic acids is 1. The number of nitrogens with one attached hydrogen (secondary N) is 1. The number of hydrogen-bond donors (Lipinski definition) is 1. The van der Waals surface area contributed by atoms with E-state index in [1.165, 1.54) is 31.7 Å². The molecule has 0 aliphatic carbocycles. The molecule has 0 unspecified atom stereocenters. The lowest BCUT2D eigenvalue weighted by molar-refractivity contribution is -0.116. The second kappa shape index (κ2) is 11.8. The van der Waals surface area contributed by atoms with Gasteiger partial charge in [-0.15, -0.1) is 0 Å². The zero-order valence-electron chi connectivity index (χ0n) is 19.6. The van der Waals surface area contributed by atoms with Crippen LogP contribution in [0.4, 0.5) is 0 Å². The molecule has 9 nitrogen and oxygen atoms in total. The summed E-state index contributed by atoms with van der Waals surface area (Å²) in [5.41, 5.74) is 0.663. The van der Waals surface area contributed by atoms with Crippen LogP contribution >= 0.6 is 0 Å². The maximum atomic E-state index is 12.6. The Kier molecular flexibility index (Phi) is 8.78. The molecule has 1 aliphatic rings. The lowest BCUT2D eigenvalue weighted by atomic mass is 10.1. The largest absolute Gasteiger partial charge is 0.493 e. The second-order valence-electron chi connectivity index (χ2n) is 7.48. The number of benzene rings is 2. The Morgan fingerprint density at radius 3 is 2.26 bits per heavy atom. The summed E-state index contributed by atoms with van der Waals surface area (Å²) in [6.07, 6.45) is 4.80. The zero-order chi connectivity index (χ0) is 24.6. The van der Waals surface area contributed by atoms with Crippen molar-refractivity contribution in [2.45, 2.75) is 17.7 Å². The van der Waals surface area contributed by atoms with Gasteiger partial charge < -0.3 is 24.3 Å². The first-order valence-corrected chi connectivity index (χ1v) is 12.3. The van der Waals surface area contributed by atoms with Crippen LogP contribution < -0.4 is 24.3 Å². The van der Waals surface area contributed by atoms with Crippen LogP contribution in [0.1, 0.15) is 18.4 Å². The quantitative estimate of drug-likeness (QED) is 0.382. The molecule has 184 valence electrons. The normalized spacial score (nSPS) is 14.2. The number of carbonyl (C=O) groups is 1. The summed E-state index contributed by atoms with van der Waals surface area (Å²) in [6.45, 7) is 1.64. The van der Waals surface area contributed by atoms with Crippen LogP contribution in [0.2, 0.25) is 0 Å². The van der Waals surface area contributed by atoms with Crippen molar-refractivity contribution in [3.63, 3.8) is 0 Å². The number of amides is 1. The molecule has 2 aromatic carbocycles. The molecule has 1 saturated heterocycles. The minimum atomic E-state index is -3.45. The number of rotatable bonds is 11. The second-order valence-corrected chi connectivity index (χ2v) is 9.42. The lowest BCUT2D eigenvalue weighted by Crippen LogP contribution is -2.27. The molecular formula is C24H30N2O7S. The van der Waals surface area contributed by atoms with Gasteiger partial charge in [0.1, 0.15) is 12.4 Å². The predicted molar refractivity (Wildman–Crippen MR) is 128 cm³/mol. The molecule has 0 radical (unpaired) electrons. The van der Waals surface area contributed by atoms with Gasteiger partial charge in [0.25, 0.3) is 0 Å². The van der Waals surface area contributed by atoms with Gasteiger partial charge in [0.2, 0.25) is 21.7 Å². The summed E-state index contributed by atoms with van der Waals surface area (Å²) in [6, 6.07) is 9.82. The SMILES string of the molecule is COc1ccc(/C=C/C(=O)NCCOc2ccc(S(=O)(=O)N3CCCC3)cc2)c(OC)c1OC. The van der Waals surface area contributed by atoms with Crippen LogP contribution in [-0.4, -0.2) is 66.2 Å². The molecule has 10 heteroatoms. The van der Waals surface area contributed by atoms with Gasteiger partial charge in [0, 0.05) is 24.7 Å². The van der Waals surface area contributed by atoms with Crippen LogP contribution in [0.25, 0.3) is 6.08 Å². The van der Waals surface area contributed by atoms with E-state index in [1.807, 2.05) is 0 Å². The lowest BCUT2D eigenvalue weighted by Gasteiger charge is -2.15. The summed E-state index contributed by atoms with van der Waals surface area (Å²) in [4.78, 5) is 12.4. The molecule has 0 atom stereocenters. The molecule has 1 N–H and O–H groups in total. The molecule has 3 rings (SSSR count). The Morgan fingerprint density at radius 1 is 0.971 bits per heavy atom. The van der Waals surface area contributed by atoms with Crippen molar-refractivity contribution < 1.29 is 32.2 Å². The topological polar surface area (TPSA) is 103 Å². The van der Waals surface area contributed by atoms with Crippen molar-refractivity contribution in [3.8, 4) is 23.0 Å². The highest BCUT2D eigenvalue weighted by atomic mass is 32.2. The third-order valence-corrected chi connectivity index (χ3v) is 7.26. The highest BCUT2D eigenvalue weighted by molar-refractivity contribution is 7.89. The molecule has 1 amide bonds. The number of sulfonamides is 1. The molecule has 1 fully saturated rings. The molecular weight excluding hydrogens is 460 g/mol. The van der Waals surface area contributed by atoms with Crippen molar-refractivity contribution in [1.82, 2.24) is 9.62 Å². The van der Waals surface area contributed by atoms with Crippen molar-refractivity contribution in [2.75, 3.05) is 47.6 Å². The number of methoxy groups -OCH3 is 3. The van der Waals surface area contributed by atoms with Crippen LogP contribution in [0, 0.1) is 0 Å². The molecule has 0 bridgehead atoms. The highest BCUT2D eigenvalue weighted by Gasteiger charge is 2.26. The summed E-state index contributed by atoms with van der Waals surface area (Å²) in [5, 5.41) is 2.73. The first kappa shape index (κ1) is 25.4. The third-order valence-electron chi connectivity index (χ3n) is 5.35. The van der Waals surface area contributed by atoms with E-state index in [0.717, 1.165) is 12.8 Å². The van der Waals surface area contributed by atoms with E-state index in [-0.39, 0.29) is 24.0 Å². The van der Waals surface area contributed by atoms with Gasteiger partial charge in [-0.2, -0.15) is 4.31 Å². The van der Waals surface area contributed by atoms with Gasteiger partial charge in [-0.1, -0.05) is 0 Å². The standard InChI is InChI=1S/C24H30N2O7S/c1-30-21-12-6-18(23(31-2)24(21)32-3)7-13-22(27)25-14-17-33-19-8-10-20(11-9-19)34(28,29)26-15-4-5-16-26/h6-13H,4-5,14-17H2,1-3H3,(H,25,27)/b13-7+. The fraction of sp³-hybridized carbons (Fsp3) is 0.375. The average Bonchev–Trinajstić information content (AvgIpc) is 3.41. The van der Waals surface area contributed by atoms with Crippen molar-refractivity contribution in [3.05, 3.63) is 48.0 Å². The smallest absolute Gasteiger partial charge is 0.244 e. The van der Waals surface area contributed by atoms with E-state index in [1.54, 1.807) is 42.5 Å². The van der Waals surface area contributed by atoms with E-state index in [9.17, 15) is 13.2 Å². The number of ether oxygens (including phenoxy) is 4. The van der Waals surface area contributed by atoms with Crippen LogP contribution in [0.5, 0.6) is 23.0 Å². The van der Waals surface area contributed by atoms with Crippen LogP contribution in [0.3, 0.4) is 0 Å². The van der Waals surface area contributed by atoms with Gasteiger partial charge in [-0.3, -0.25) is 4.79 Å². The molecule has 0 saturated carbocycles. The number of nitrogens with zero attached hydrogens (tertiary/aromatic N) is 1. The molecule has 2 aromatic rings. The van der Waals surface area contributed by atoms with E-state index in [2.05, 4.69) is 5.32 Å². The Bertz CT molecular complexity index is 1110. The summed E-state index contributed by atoms with van der Waals surface area (Å²) in [5.74, 6) is 1.66. The van der Waals surface area contributed by atoms with Crippen LogP contribution in [0.15, 0.2) is 47.4 Å². The highest BCUT2D eigenvalue weighted by Crippen LogP contribution is 2.40. The van der Waals surface area contributed by atoms with Gasteiger partial charge in [-0.05, 0) is 55.3 Å². The van der Waals surface area contributed by atoms with Crippen molar-refractivity contribution in [2.24, 2.45) is 0 Å². The van der Waals surface area contributed by atoms with Gasteiger partial charge in [0.05, 0.1) is 32.8 Å². The summed E-state index contributed by atoms with van der Waals surface area (Å²) >= 11 is 0. The van der Waals surface area contributed by atoms with E-state index >= 15 is 0 Å². The number of hydrogen-bond acceptors (Lipinski definition) is 7. The molecule has 0 spiro atoms. The molecule has 1 aliphatic heterocycles. The fourth-order valence-electron chi connectivity index (χ4n) is 3.61. The van der Waals surface area contributed by atoms with E-state index in [0.29, 0.717) is 41.7 Å². The van der Waals surface area contributed by atoms with Crippen molar-refractivity contribution >= 4 is 22.0 Å². The molecule has 0 aromatic heterocycles.